The van der Waals surface area contributed by atoms with E-state index in [0.717, 1.165) is 0 Å². The fourth-order valence-electron chi connectivity index (χ4n) is 8.25. The van der Waals surface area contributed by atoms with Gasteiger partial charge < -0.3 is 10.2 Å². The third-order valence-corrected chi connectivity index (χ3v) is 9.92. The molecule has 2 heteroatoms. The Balaban J connectivity index is 1.60. The molecule has 0 saturated heterocycles. The van der Waals surface area contributed by atoms with Gasteiger partial charge in [-0.1, -0.05) is 99.2 Å². The molecular formula is C37H38O2. The highest BCUT2D eigenvalue weighted by molar-refractivity contribution is 5.87. The van der Waals surface area contributed by atoms with Crippen LogP contribution >= 0.6 is 0 Å². The highest BCUT2D eigenvalue weighted by Crippen LogP contribution is 2.59. The van der Waals surface area contributed by atoms with E-state index in [9.17, 15) is 10.2 Å². The van der Waals surface area contributed by atoms with Gasteiger partial charge in [0.05, 0.1) is 5.41 Å². The van der Waals surface area contributed by atoms with Crippen LogP contribution in [0.25, 0.3) is 11.1 Å². The van der Waals surface area contributed by atoms with Gasteiger partial charge in [0, 0.05) is 0 Å². The molecule has 4 aromatic carbocycles. The summed E-state index contributed by atoms with van der Waals surface area (Å²) in [7, 11) is 0. The Bertz CT molecular complexity index is 1390. The first-order valence-corrected chi connectivity index (χ1v) is 15.0. The first-order chi connectivity index (χ1) is 19.2. The Morgan fingerprint density at radius 2 is 0.872 bits per heavy atom. The van der Waals surface area contributed by atoms with Crippen LogP contribution in [0.15, 0.2) is 84.9 Å². The van der Waals surface area contributed by atoms with Crippen LogP contribution in [0.3, 0.4) is 0 Å². The molecule has 0 radical (unpaired) electrons. The fraction of sp³-hybridized carbons (Fsp3) is 0.351. The van der Waals surface area contributed by atoms with Crippen LogP contribution in [0.2, 0.25) is 0 Å². The third-order valence-electron chi connectivity index (χ3n) is 9.92. The Morgan fingerprint density at radius 3 is 1.31 bits per heavy atom. The summed E-state index contributed by atoms with van der Waals surface area (Å²) in [5.74, 6) is 1.58. The largest absolute Gasteiger partial charge is 0.508 e. The Labute approximate surface area is 232 Å². The standard InChI is InChI=1S/C37H38O2/c38-27-19-21-35(31(23-27)25-11-3-1-4-12-25)37(33-17-9-7-15-29(33)30-16-8-10-18-34(30)37)36-22-20-28(39)24-32(36)26-13-5-2-6-14-26/h7-10,15-26,38-39H,1-6,11-14H2. The maximum Gasteiger partial charge on any atom is 0.115 e. The van der Waals surface area contributed by atoms with Crippen molar-refractivity contribution >= 4 is 0 Å². The smallest absolute Gasteiger partial charge is 0.115 e. The van der Waals surface area contributed by atoms with Gasteiger partial charge in [-0.3, -0.25) is 0 Å². The van der Waals surface area contributed by atoms with Crippen molar-refractivity contribution in [2.24, 2.45) is 0 Å². The fourth-order valence-corrected chi connectivity index (χ4v) is 8.25. The van der Waals surface area contributed by atoms with Crippen molar-refractivity contribution in [2.75, 3.05) is 0 Å². The van der Waals surface area contributed by atoms with Crippen molar-refractivity contribution in [1.29, 1.82) is 0 Å². The first-order valence-electron chi connectivity index (χ1n) is 15.0. The minimum atomic E-state index is -0.506. The van der Waals surface area contributed by atoms with Gasteiger partial charge in [0.2, 0.25) is 0 Å². The van der Waals surface area contributed by atoms with Crippen LogP contribution in [0, 0.1) is 0 Å². The van der Waals surface area contributed by atoms with Gasteiger partial charge in [-0.25, -0.2) is 0 Å². The second-order valence-corrected chi connectivity index (χ2v) is 12.1. The van der Waals surface area contributed by atoms with Crippen LogP contribution in [0.1, 0.15) is 109 Å². The number of aromatic hydroxyl groups is 2. The molecule has 0 unspecified atom stereocenters. The van der Waals surface area contributed by atoms with Gasteiger partial charge in [0.1, 0.15) is 11.5 Å². The minimum absolute atomic E-state index is 0.354. The zero-order chi connectivity index (χ0) is 26.4. The SMILES string of the molecule is Oc1ccc(C2(c3ccc(O)cc3C3CCCCC3)c3ccccc3-c3ccccc32)c(C2CCCCC2)c1. The predicted octanol–water partition coefficient (Wildman–Crippen LogP) is 9.56. The maximum atomic E-state index is 10.8. The number of fused-ring (bicyclic) bond motifs is 3. The molecule has 2 saturated carbocycles. The molecule has 39 heavy (non-hydrogen) atoms. The Hall–Kier alpha value is -3.52. The number of phenols is 2. The van der Waals surface area contributed by atoms with Crippen LogP contribution in [0.4, 0.5) is 0 Å². The lowest BCUT2D eigenvalue weighted by Gasteiger charge is -2.40. The monoisotopic (exact) mass is 514 g/mol. The van der Waals surface area contributed by atoms with Gasteiger partial charge in [0.25, 0.3) is 0 Å². The molecule has 0 atom stereocenters. The zero-order valence-electron chi connectivity index (χ0n) is 22.7. The molecule has 2 nitrogen and oxygen atoms in total. The van der Waals surface area contributed by atoms with Crippen molar-refractivity contribution in [3.8, 4) is 22.6 Å². The van der Waals surface area contributed by atoms with E-state index in [0.29, 0.717) is 23.3 Å². The lowest BCUT2D eigenvalue weighted by molar-refractivity contribution is 0.429. The molecule has 198 valence electrons. The predicted molar refractivity (Wildman–Crippen MR) is 159 cm³/mol. The zero-order valence-corrected chi connectivity index (χ0v) is 22.7. The van der Waals surface area contributed by atoms with Crippen molar-refractivity contribution in [1.82, 2.24) is 0 Å². The maximum absolute atomic E-state index is 10.8. The van der Waals surface area contributed by atoms with Gasteiger partial charge >= 0.3 is 0 Å². The van der Waals surface area contributed by atoms with Crippen LogP contribution in [0.5, 0.6) is 11.5 Å². The van der Waals surface area contributed by atoms with Crippen LogP contribution < -0.4 is 0 Å². The number of rotatable bonds is 4. The van der Waals surface area contributed by atoms with E-state index in [1.54, 1.807) is 0 Å². The van der Waals surface area contributed by atoms with Crippen molar-refractivity contribution < 1.29 is 10.2 Å². The van der Waals surface area contributed by atoms with Gasteiger partial charge in [0.15, 0.2) is 0 Å². The van der Waals surface area contributed by atoms with E-state index in [-0.39, 0.29) is 0 Å². The Morgan fingerprint density at radius 1 is 0.462 bits per heavy atom. The third kappa shape index (κ3) is 3.91. The van der Waals surface area contributed by atoms with Gasteiger partial charge in [-0.05, 0) is 106 Å². The minimum Gasteiger partial charge on any atom is -0.508 e. The second-order valence-electron chi connectivity index (χ2n) is 12.1. The Kier molecular flexibility index (Phi) is 6.22. The molecule has 3 aliphatic carbocycles. The van der Waals surface area contributed by atoms with E-state index < -0.39 is 5.41 Å². The molecule has 0 bridgehead atoms. The molecule has 4 aromatic rings. The van der Waals surface area contributed by atoms with E-state index >= 15 is 0 Å². The second kappa shape index (κ2) is 9.90. The van der Waals surface area contributed by atoms with Gasteiger partial charge in [-0.2, -0.15) is 0 Å². The van der Waals surface area contributed by atoms with E-state index in [1.807, 2.05) is 12.1 Å². The summed E-state index contributed by atoms with van der Waals surface area (Å²) < 4.78 is 0. The molecule has 0 aliphatic heterocycles. The molecule has 3 aliphatic rings. The summed E-state index contributed by atoms with van der Waals surface area (Å²) in [6.07, 6.45) is 12.2. The number of hydrogen-bond donors (Lipinski definition) is 2. The van der Waals surface area contributed by atoms with E-state index in [1.165, 1.54) is 109 Å². The lowest BCUT2D eigenvalue weighted by atomic mass is 9.62. The summed E-state index contributed by atoms with van der Waals surface area (Å²) >= 11 is 0. The lowest BCUT2D eigenvalue weighted by Crippen LogP contribution is -2.32. The summed E-state index contributed by atoms with van der Waals surface area (Å²) in [6, 6.07) is 30.2. The topological polar surface area (TPSA) is 40.5 Å². The molecule has 0 amide bonds. The average molecular weight is 515 g/mol. The van der Waals surface area contributed by atoms with Crippen molar-refractivity contribution in [3.63, 3.8) is 0 Å². The highest BCUT2D eigenvalue weighted by Gasteiger charge is 2.49. The molecule has 2 fully saturated rings. The molecule has 0 spiro atoms. The normalized spacial score (nSPS) is 19.0. The highest BCUT2D eigenvalue weighted by atomic mass is 16.3. The molecule has 7 rings (SSSR count). The van der Waals surface area contributed by atoms with E-state index in [4.69, 9.17) is 0 Å². The average Bonchev–Trinajstić information content (AvgIpc) is 3.29. The number of phenolic OH excluding ortho intramolecular Hbond substituents is 2. The van der Waals surface area contributed by atoms with Crippen molar-refractivity contribution in [3.05, 3.63) is 118 Å². The molecule has 0 aromatic heterocycles. The van der Waals surface area contributed by atoms with Crippen LogP contribution in [-0.2, 0) is 5.41 Å². The molecule has 0 heterocycles. The summed E-state index contributed by atoms with van der Waals surface area (Å²) in [6.45, 7) is 0. The number of benzene rings is 4. The van der Waals surface area contributed by atoms with Crippen LogP contribution in [-0.4, -0.2) is 10.2 Å². The van der Waals surface area contributed by atoms with E-state index in [2.05, 4.69) is 72.8 Å². The summed E-state index contributed by atoms with van der Waals surface area (Å²) in [4.78, 5) is 0. The first kappa shape index (κ1) is 24.5. The quantitative estimate of drug-likeness (QED) is 0.251. The van der Waals surface area contributed by atoms with Crippen molar-refractivity contribution in [2.45, 2.75) is 81.5 Å². The summed E-state index contributed by atoms with van der Waals surface area (Å²) in [5, 5.41) is 21.6. The number of hydrogen-bond acceptors (Lipinski definition) is 2. The summed E-state index contributed by atoms with van der Waals surface area (Å²) in [5.41, 5.74) is 9.89. The van der Waals surface area contributed by atoms with Gasteiger partial charge in [-0.15, -0.1) is 0 Å². The molecular weight excluding hydrogens is 476 g/mol. The molecule has 2 N–H and O–H groups in total.